The highest BCUT2D eigenvalue weighted by Gasteiger charge is 2.11. The monoisotopic (exact) mass is 229 g/mol. The van der Waals surface area contributed by atoms with E-state index in [0.717, 1.165) is 0 Å². The smallest absolute Gasteiger partial charge is 0.236 e. The summed E-state index contributed by atoms with van der Waals surface area (Å²) >= 11 is 0. The molecule has 0 fully saturated rings. The van der Waals surface area contributed by atoms with E-state index in [2.05, 4.69) is 10.6 Å². The Bertz CT molecular complexity index is 239. The standard InChI is InChI=1S/C11H23N3O2/c1-8(2)13-10(15)6-12-7-11(16)14(5)9(3)4/h8-9,12H,6-7H2,1-5H3,(H,13,15). The molecule has 0 saturated carbocycles. The quantitative estimate of drug-likeness (QED) is 0.672. The maximum absolute atomic E-state index is 11.5. The molecule has 0 aliphatic rings. The summed E-state index contributed by atoms with van der Waals surface area (Å²) in [7, 11) is 1.75. The molecule has 2 N–H and O–H groups in total. The maximum Gasteiger partial charge on any atom is 0.236 e. The van der Waals surface area contributed by atoms with Crippen LogP contribution >= 0.6 is 0 Å². The molecule has 0 aliphatic carbocycles. The highest BCUT2D eigenvalue weighted by molar-refractivity contribution is 5.81. The molecule has 94 valence electrons. The molecular formula is C11H23N3O2. The first-order chi connectivity index (χ1) is 7.34. The van der Waals surface area contributed by atoms with Gasteiger partial charge in [0.2, 0.25) is 11.8 Å². The topological polar surface area (TPSA) is 61.4 Å². The van der Waals surface area contributed by atoms with E-state index in [1.54, 1.807) is 11.9 Å². The minimum atomic E-state index is -0.0880. The van der Waals surface area contributed by atoms with Crippen LogP contribution in [0.3, 0.4) is 0 Å². The second-order valence-electron chi connectivity index (χ2n) is 4.42. The summed E-state index contributed by atoms with van der Waals surface area (Å²) in [5.74, 6) is -0.0950. The lowest BCUT2D eigenvalue weighted by atomic mass is 10.3. The molecule has 16 heavy (non-hydrogen) atoms. The molecule has 0 unspecified atom stereocenters. The van der Waals surface area contributed by atoms with Crippen molar-refractivity contribution in [1.29, 1.82) is 0 Å². The van der Waals surface area contributed by atoms with E-state index in [4.69, 9.17) is 0 Å². The number of carbonyl (C=O) groups is 2. The third-order valence-electron chi connectivity index (χ3n) is 2.18. The first-order valence-corrected chi connectivity index (χ1v) is 5.60. The Hall–Kier alpha value is -1.10. The van der Waals surface area contributed by atoms with Crippen LogP contribution in [0.4, 0.5) is 0 Å². The maximum atomic E-state index is 11.5. The molecule has 0 heterocycles. The van der Waals surface area contributed by atoms with Crippen LogP contribution in [0.5, 0.6) is 0 Å². The number of rotatable bonds is 6. The number of nitrogens with one attached hydrogen (secondary N) is 2. The van der Waals surface area contributed by atoms with Gasteiger partial charge in [0.05, 0.1) is 13.1 Å². The summed E-state index contributed by atoms with van der Waals surface area (Å²) in [5.41, 5.74) is 0. The Labute approximate surface area is 97.6 Å². The number of hydrogen-bond donors (Lipinski definition) is 2. The van der Waals surface area contributed by atoms with E-state index in [1.807, 2.05) is 27.7 Å². The number of nitrogens with zero attached hydrogens (tertiary/aromatic N) is 1. The van der Waals surface area contributed by atoms with Crippen LogP contribution in [0.1, 0.15) is 27.7 Å². The van der Waals surface area contributed by atoms with Gasteiger partial charge in [-0.25, -0.2) is 0 Å². The van der Waals surface area contributed by atoms with Gasteiger partial charge < -0.3 is 10.2 Å². The first kappa shape index (κ1) is 14.9. The van der Waals surface area contributed by atoms with E-state index in [1.165, 1.54) is 0 Å². The van der Waals surface area contributed by atoms with Crippen LogP contribution in [0, 0.1) is 0 Å². The molecule has 0 aromatic rings. The van der Waals surface area contributed by atoms with Gasteiger partial charge in [-0.2, -0.15) is 0 Å². The SMILES string of the molecule is CC(C)NC(=O)CNCC(=O)N(C)C(C)C. The highest BCUT2D eigenvalue weighted by Crippen LogP contribution is 1.92. The lowest BCUT2D eigenvalue weighted by Gasteiger charge is -2.21. The van der Waals surface area contributed by atoms with Gasteiger partial charge in [-0.3, -0.25) is 14.9 Å². The van der Waals surface area contributed by atoms with Crippen molar-refractivity contribution in [1.82, 2.24) is 15.5 Å². The van der Waals surface area contributed by atoms with E-state index >= 15 is 0 Å². The summed E-state index contributed by atoms with van der Waals surface area (Å²) in [6, 6.07) is 0.308. The lowest BCUT2D eigenvalue weighted by Crippen LogP contribution is -2.43. The minimum Gasteiger partial charge on any atom is -0.353 e. The van der Waals surface area contributed by atoms with E-state index < -0.39 is 0 Å². The fraction of sp³-hybridized carbons (Fsp3) is 0.818. The molecule has 0 bridgehead atoms. The second kappa shape index (κ2) is 7.22. The Morgan fingerprint density at radius 2 is 1.69 bits per heavy atom. The zero-order valence-corrected chi connectivity index (χ0v) is 10.8. The molecule has 0 radical (unpaired) electrons. The van der Waals surface area contributed by atoms with Crippen molar-refractivity contribution in [3.05, 3.63) is 0 Å². The summed E-state index contributed by atoms with van der Waals surface area (Å²) < 4.78 is 0. The van der Waals surface area contributed by atoms with Gasteiger partial charge >= 0.3 is 0 Å². The molecule has 5 heteroatoms. The molecule has 5 nitrogen and oxygen atoms in total. The van der Waals surface area contributed by atoms with Gasteiger partial charge in [-0.15, -0.1) is 0 Å². The van der Waals surface area contributed by atoms with Crippen molar-refractivity contribution in [2.24, 2.45) is 0 Å². The minimum absolute atomic E-state index is 0.00709. The average Bonchev–Trinajstić information content (AvgIpc) is 2.14. The van der Waals surface area contributed by atoms with Crippen molar-refractivity contribution >= 4 is 11.8 Å². The molecule has 0 aromatic heterocycles. The molecule has 0 aromatic carbocycles. The van der Waals surface area contributed by atoms with E-state index in [-0.39, 0.29) is 37.0 Å². The molecule has 0 rings (SSSR count). The van der Waals surface area contributed by atoms with Gasteiger partial charge in [-0.1, -0.05) is 0 Å². The van der Waals surface area contributed by atoms with Gasteiger partial charge in [0.15, 0.2) is 0 Å². The van der Waals surface area contributed by atoms with Crippen LogP contribution in [-0.4, -0.2) is 48.9 Å². The van der Waals surface area contributed by atoms with Crippen molar-refractivity contribution in [3.63, 3.8) is 0 Å². The van der Waals surface area contributed by atoms with Gasteiger partial charge in [0.25, 0.3) is 0 Å². The summed E-state index contributed by atoms with van der Waals surface area (Å²) in [6.45, 7) is 8.06. The van der Waals surface area contributed by atoms with Crippen LogP contribution in [-0.2, 0) is 9.59 Å². The highest BCUT2D eigenvalue weighted by atomic mass is 16.2. The zero-order chi connectivity index (χ0) is 12.7. The summed E-state index contributed by atoms with van der Waals surface area (Å²) in [5, 5.41) is 5.56. The summed E-state index contributed by atoms with van der Waals surface area (Å²) in [6.07, 6.45) is 0. The van der Waals surface area contributed by atoms with Crippen LogP contribution in [0.25, 0.3) is 0 Å². The third-order valence-corrected chi connectivity index (χ3v) is 2.18. The predicted octanol–water partition coefficient (Wildman–Crippen LogP) is -0.0326. The average molecular weight is 229 g/mol. The van der Waals surface area contributed by atoms with E-state index in [0.29, 0.717) is 0 Å². The Balaban J connectivity index is 3.74. The van der Waals surface area contributed by atoms with Gasteiger partial charge in [0.1, 0.15) is 0 Å². The zero-order valence-electron chi connectivity index (χ0n) is 10.8. The fourth-order valence-corrected chi connectivity index (χ4v) is 1.07. The molecule has 2 amide bonds. The molecule has 0 aliphatic heterocycles. The normalized spacial score (nSPS) is 10.7. The van der Waals surface area contributed by atoms with Crippen molar-refractivity contribution in [3.8, 4) is 0 Å². The number of hydrogen-bond acceptors (Lipinski definition) is 3. The van der Waals surface area contributed by atoms with Crippen molar-refractivity contribution < 1.29 is 9.59 Å². The van der Waals surface area contributed by atoms with Gasteiger partial charge in [-0.05, 0) is 27.7 Å². The van der Waals surface area contributed by atoms with Crippen LogP contribution in [0.2, 0.25) is 0 Å². The largest absolute Gasteiger partial charge is 0.353 e. The fourth-order valence-electron chi connectivity index (χ4n) is 1.07. The molecule has 0 saturated heterocycles. The van der Waals surface area contributed by atoms with Crippen molar-refractivity contribution in [2.45, 2.75) is 39.8 Å². The van der Waals surface area contributed by atoms with Crippen LogP contribution in [0.15, 0.2) is 0 Å². The number of amides is 2. The second-order valence-corrected chi connectivity index (χ2v) is 4.42. The van der Waals surface area contributed by atoms with Crippen LogP contribution < -0.4 is 10.6 Å². The van der Waals surface area contributed by atoms with Crippen molar-refractivity contribution in [2.75, 3.05) is 20.1 Å². The third kappa shape index (κ3) is 6.40. The predicted molar refractivity (Wildman–Crippen MR) is 64.1 cm³/mol. The lowest BCUT2D eigenvalue weighted by molar-refractivity contribution is -0.130. The number of likely N-dealkylation sites (N-methyl/N-ethyl adjacent to an activating group) is 1. The Morgan fingerprint density at radius 1 is 1.12 bits per heavy atom. The molecule has 0 spiro atoms. The van der Waals surface area contributed by atoms with E-state index in [9.17, 15) is 9.59 Å². The number of carbonyl (C=O) groups excluding carboxylic acids is 2. The Morgan fingerprint density at radius 3 is 2.12 bits per heavy atom. The first-order valence-electron chi connectivity index (χ1n) is 5.60. The molecular weight excluding hydrogens is 206 g/mol. The molecule has 0 atom stereocenters. The Kier molecular flexibility index (Phi) is 6.72. The summed E-state index contributed by atoms with van der Waals surface area (Å²) in [4.78, 5) is 24.4. The van der Waals surface area contributed by atoms with Gasteiger partial charge in [0, 0.05) is 19.1 Å².